The van der Waals surface area contributed by atoms with Crippen LogP contribution in [0.5, 0.6) is 5.75 Å². The summed E-state index contributed by atoms with van der Waals surface area (Å²) in [4.78, 5) is 26.5. The lowest BCUT2D eigenvalue weighted by molar-refractivity contribution is -0.130. The van der Waals surface area contributed by atoms with Crippen molar-refractivity contribution < 1.29 is 18.7 Å². The summed E-state index contributed by atoms with van der Waals surface area (Å²) >= 11 is 1.58. The number of hydrogen-bond acceptors (Lipinski definition) is 5. The molecule has 1 aliphatic rings. The summed E-state index contributed by atoms with van der Waals surface area (Å²) in [6.07, 6.45) is 1.81. The summed E-state index contributed by atoms with van der Waals surface area (Å²) in [6.45, 7) is 2.61. The average molecular weight is 374 g/mol. The van der Waals surface area contributed by atoms with E-state index >= 15 is 0 Å². The summed E-state index contributed by atoms with van der Waals surface area (Å²) in [5, 5.41) is 2.52. The number of methoxy groups -OCH3 is 1. The molecule has 2 heterocycles. The third kappa shape index (κ3) is 4.04. The van der Waals surface area contributed by atoms with Crippen molar-refractivity contribution >= 4 is 23.6 Å². The van der Waals surface area contributed by atoms with Gasteiger partial charge in [-0.1, -0.05) is 18.2 Å². The van der Waals surface area contributed by atoms with Crippen LogP contribution >= 0.6 is 11.8 Å². The number of carbonyl (C=O) groups excluding carboxylic acids is 2. The fourth-order valence-electron chi connectivity index (χ4n) is 2.92. The highest BCUT2D eigenvalue weighted by molar-refractivity contribution is 8.01. The first-order chi connectivity index (χ1) is 12.6. The topological polar surface area (TPSA) is 71.8 Å². The number of nitrogens with zero attached hydrogens (tertiary/aromatic N) is 1. The number of nitrogens with one attached hydrogen (secondary N) is 1. The van der Waals surface area contributed by atoms with E-state index in [9.17, 15) is 9.59 Å². The third-order valence-electron chi connectivity index (χ3n) is 4.27. The van der Waals surface area contributed by atoms with Gasteiger partial charge in [-0.05, 0) is 25.1 Å². The zero-order chi connectivity index (χ0) is 18.5. The van der Waals surface area contributed by atoms with Crippen molar-refractivity contribution in [1.29, 1.82) is 0 Å². The number of ether oxygens (including phenoxy) is 1. The predicted octanol–water partition coefficient (Wildman–Crippen LogP) is 2.96. The largest absolute Gasteiger partial charge is 0.496 e. The normalized spacial score (nSPS) is 19.6. The minimum atomic E-state index is -0.147. The van der Waals surface area contributed by atoms with Crippen molar-refractivity contribution in [3.63, 3.8) is 0 Å². The maximum absolute atomic E-state index is 12.6. The maximum Gasteiger partial charge on any atom is 0.236 e. The monoisotopic (exact) mass is 374 g/mol. The molecule has 2 amide bonds. The van der Waals surface area contributed by atoms with Crippen molar-refractivity contribution in [2.75, 3.05) is 13.7 Å². The van der Waals surface area contributed by atoms with Crippen LogP contribution in [0.3, 0.4) is 0 Å². The number of benzene rings is 1. The minimum absolute atomic E-state index is 0.0461. The maximum atomic E-state index is 12.6. The smallest absolute Gasteiger partial charge is 0.236 e. The van der Waals surface area contributed by atoms with Crippen LogP contribution in [0, 0.1) is 0 Å². The molecular formula is C19H22N2O4S. The molecule has 0 bridgehead atoms. The van der Waals surface area contributed by atoms with Gasteiger partial charge in [0.15, 0.2) is 0 Å². The average Bonchev–Trinajstić information content (AvgIpc) is 3.27. The Hall–Kier alpha value is -2.41. The number of thioether (sulfide) groups is 1. The molecule has 26 heavy (non-hydrogen) atoms. The van der Waals surface area contributed by atoms with E-state index in [4.69, 9.17) is 9.15 Å². The molecule has 1 aromatic heterocycles. The Balaban J connectivity index is 1.64. The Labute approximate surface area is 156 Å². The van der Waals surface area contributed by atoms with Gasteiger partial charge in [-0.2, -0.15) is 0 Å². The lowest BCUT2D eigenvalue weighted by Gasteiger charge is -2.25. The Morgan fingerprint density at radius 1 is 1.31 bits per heavy atom. The van der Waals surface area contributed by atoms with Crippen LogP contribution in [0.1, 0.15) is 30.0 Å². The summed E-state index contributed by atoms with van der Waals surface area (Å²) < 4.78 is 10.6. The molecule has 0 saturated carbocycles. The van der Waals surface area contributed by atoms with Crippen molar-refractivity contribution in [3.05, 3.63) is 54.0 Å². The lowest BCUT2D eigenvalue weighted by atomic mass is 10.1. The molecule has 1 aliphatic heterocycles. The molecule has 2 aromatic rings. The van der Waals surface area contributed by atoms with E-state index in [2.05, 4.69) is 5.32 Å². The van der Waals surface area contributed by atoms with Crippen molar-refractivity contribution in [1.82, 2.24) is 10.2 Å². The van der Waals surface area contributed by atoms with E-state index in [-0.39, 0.29) is 28.9 Å². The van der Waals surface area contributed by atoms with Crippen LogP contribution in [0.25, 0.3) is 0 Å². The fourth-order valence-corrected chi connectivity index (χ4v) is 4.26. The fraction of sp³-hybridized carbons (Fsp3) is 0.368. The summed E-state index contributed by atoms with van der Waals surface area (Å²) in [5.41, 5.74) is 0.952. The zero-order valence-corrected chi connectivity index (χ0v) is 15.6. The first kappa shape index (κ1) is 18.4. The SMILES string of the molecule is COc1ccccc1C1SC(C)C(=O)N1CCC(=O)NCc1ccco1. The standard InChI is InChI=1S/C19H22N2O4S/c1-13-18(23)21(10-9-17(22)20-12-14-6-5-11-25-14)19(26-13)15-7-3-4-8-16(15)24-2/h3-8,11,13,19H,9-10,12H2,1-2H3,(H,20,22). The first-order valence-corrected chi connectivity index (χ1v) is 9.42. The zero-order valence-electron chi connectivity index (χ0n) is 14.8. The van der Waals surface area contributed by atoms with Gasteiger partial charge < -0.3 is 19.4 Å². The molecule has 138 valence electrons. The van der Waals surface area contributed by atoms with Crippen molar-refractivity contribution in [3.8, 4) is 5.75 Å². The molecule has 0 radical (unpaired) electrons. The van der Waals surface area contributed by atoms with Crippen LogP contribution < -0.4 is 10.1 Å². The molecule has 0 spiro atoms. The molecular weight excluding hydrogens is 352 g/mol. The number of rotatable bonds is 7. The summed E-state index contributed by atoms with van der Waals surface area (Å²) in [7, 11) is 1.62. The number of furan rings is 1. The molecule has 6 nitrogen and oxygen atoms in total. The Bertz CT molecular complexity index is 763. The van der Waals surface area contributed by atoms with Crippen LogP contribution in [-0.2, 0) is 16.1 Å². The van der Waals surface area contributed by atoms with Crippen molar-refractivity contribution in [2.24, 2.45) is 0 Å². The van der Waals surface area contributed by atoms with E-state index in [1.165, 1.54) is 0 Å². The summed E-state index contributed by atoms with van der Waals surface area (Å²) in [5.74, 6) is 1.38. The molecule has 2 unspecified atom stereocenters. The highest BCUT2D eigenvalue weighted by atomic mass is 32.2. The van der Waals surface area contributed by atoms with Gasteiger partial charge in [0.25, 0.3) is 0 Å². The van der Waals surface area contributed by atoms with Gasteiger partial charge in [-0.25, -0.2) is 0 Å². The lowest BCUT2D eigenvalue weighted by Crippen LogP contribution is -2.34. The van der Waals surface area contributed by atoms with Gasteiger partial charge in [-0.15, -0.1) is 11.8 Å². The van der Waals surface area contributed by atoms with Crippen LogP contribution in [0.2, 0.25) is 0 Å². The van der Waals surface area contributed by atoms with E-state index in [1.54, 1.807) is 42.2 Å². The molecule has 1 saturated heterocycles. The minimum Gasteiger partial charge on any atom is -0.496 e. The van der Waals surface area contributed by atoms with Gasteiger partial charge >= 0.3 is 0 Å². The van der Waals surface area contributed by atoms with Crippen molar-refractivity contribution in [2.45, 2.75) is 30.5 Å². The Morgan fingerprint density at radius 3 is 2.85 bits per heavy atom. The van der Waals surface area contributed by atoms with E-state index in [0.717, 1.165) is 11.3 Å². The van der Waals surface area contributed by atoms with Gasteiger partial charge in [0.05, 0.1) is 25.2 Å². The number of amides is 2. The van der Waals surface area contributed by atoms with Crippen LogP contribution in [0.4, 0.5) is 0 Å². The number of carbonyl (C=O) groups is 2. The number of hydrogen-bond donors (Lipinski definition) is 1. The van der Waals surface area contributed by atoms with Gasteiger partial charge in [0.1, 0.15) is 16.9 Å². The summed E-state index contributed by atoms with van der Waals surface area (Å²) in [6, 6.07) is 11.3. The first-order valence-electron chi connectivity index (χ1n) is 8.48. The Kier molecular flexibility index (Phi) is 5.88. The number of para-hydroxylation sites is 1. The molecule has 1 N–H and O–H groups in total. The molecule has 7 heteroatoms. The molecule has 1 fully saturated rings. The van der Waals surface area contributed by atoms with Gasteiger partial charge in [0, 0.05) is 18.5 Å². The van der Waals surface area contributed by atoms with Gasteiger partial charge in [0.2, 0.25) is 11.8 Å². The molecule has 2 atom stereocenters. The molecule has 0 aliphatic carbocycles. The third-order valence-corrected chi connectivity index (χ3v) is 5.65. The second-order valence-electron chi connectivity index (χ2n) is 6.01. The predicted molar refractivity (Wildman–Crippen MR) is 99.7 cm³/mol. The quantitative estimate of drug-likeness (QED) is 0.807. The van der Waals surface area contributed by atoms with E-state index in [1.807, 2.05) is 31.2 Å². The Morgan fingerprint density at radius 2 is 2.12 bits per heavy atom. The van der Waals surface area contributed by atoms with Crippen LogP contribution in [0.15, 0.2) is 47.1 Å². The highest BCUT2D eigenvalue weighted by Gasteiger charge is 2.39. The second kappa shape index (κ2) is 8.31. The molecule has 3 rings (SSSR count). The highest BCUT2D eigenvalue weighted by Crippen LogP contribution is 2.45. The molecule has 1 aromatic carbocycles. The van der Waals surface area contributed by atoms with E-state index < -0.39 is 0 Å². The van der Waals surface area contributed by atoms with Gasteiger partial charge in [-0.3, -0.25) is 9.59 Å². The van der Waals surface area contributed by atoms with E-state index in [0.29, 0.717) is 18.8 Å². The van der Waals surface area contributed by atoms with Crippen LogP contribution in [-0.4, -0.2) is 35.6 Å². The second-order valence-corrected chi connectivity index (χ2v) is 7.44.